The van der Waals surface area contributed by atoms with Crippen LogP contribution in [0, 0.1) is 11.3 Å². The fourth-order valence-electron chi connectivity index (χ4n) is 3.14. The van der Waals surface area contributed by atoms with Gasteiger partial charge in [0.05, 0.1) is 12.7 Å². The minimum absolute atomic E-state index is 0.0432. The minimum Gasteiger partial charge on any atom is -0.465 e. The molecule has 3 nitrogen and oxygen atoms in total. The van der Waals surface area contributed by atoms with Crippen LogP contribution in [0.4, 0.5) is 0 Å². The van der Waals surface area contributed by atoms with Crippen molar-refractivity contribution in [3.8, 4) is 5.75 Å². The fourth-order valence-corrected chi connectivity index (χ4v) is 3.14. The number of hydrogen-bond donors (Lipinski definition) is 0. The third-order valence-corrected chi connectivity index (χ3v) is 4.71. The van der Waals surface area contributed by atoms with E-state index in [4.69, 9.17) is 14.2 Å². The number of ether oxygens (including phenoxy) is 3. The van der Waals surface area contributed by atoms with Gasteiger partial charge in [-0.1, -0.05) is 46.8 Å². The Morgan fingerprint density at radius 2 is 1.92 bits per heavy atom. The van der Waals surface area contributed by atoms with Crippen molar-refractivity contribution in [2.75, 3.05) is 13.2 Å². The first kappa shape index (κ1) is 19.3. The van der Waals surface area contributed by atoms with Gasteiger partial charge < -0.3 is 14.2 Å². The Balaban J connectivity index is 2.02. The van der Waals surface area contributed by atoms with E-state index >= 15 is 0 Å². The van der Waals surface area contributed by atoms with Crippen LogP contribution in [-0.2, 0) is 15.9 Å². The van der Waals surface area contributed by atoms with E-state index in [-0.39, 0.29) is 11.7 Å². The summed E-state index contributed by atoms with van der Waals surface area (Å²) in [5.41, 5.74) is 1.36. The lowest BCUT2D eigenvalue weighted by Crippen LogP contribution is -2.36. The number of hydrogen-bond acceptors (Lipinski definition) is 3. The van der Waals surface area contributed by atoms with E-state index in [0.717, 1.165) is 38.0 Å². The Morgan fingerprint density at radius 1 is 1.21 bits per heavy atom. The molecule has 1 fully saturated rings. The summed E-state index contributed by atoms with van der Waals surface area (Å²) in [5.74, 6) is 1.37. The molecule has 0 radical (unpaired) electrons. The standard InChI is InChI=1S/C21H34O3/c1-6-17-9-11-18(12-10-17)24-20(23-15-16(2)3)14-21(4,5)19-8-7-13-22-19/h9-12,16,19-20H,6-8,13-15H2,1-5H3. The van der Waals surface area contributed by atoms with Crippen LogP contribution in [0.15, 0.2) is 24.3 Å². The molecular weight excluding hydrogens is 300 g/mol. The van der Waals surface area contributed by atoms with Gasteiger partial charge in [-0.2, -0.15) is 0 Å². The quantitative estimate of drug-likeness (QED) is 0.579. The van der Waals surface area contributed by atoms with E-state index in [2.05, 4.69) is 46.8 Å². The summed E-state index contributed by atoms with van der Waals surface area (Å²) in [6.07, 6.45) is 4.23. The molecule has 2 unspecified atom stereocenters. The zero-order valence-electron chi connectivity index (χ0n) is 16.0. The molecule has 1 aliphatic rings. The maximum atomic E-state index is 6.18. The second-order valence-corrected chi connectivity index (χ2v) is 7.97. The van der Waals surface area contributed by atoms with Crippen molar-refractivity contribution < 1.29 is 14.2 Å². The largest absolute Gasteiger partial charge is 0.465 e. The van der Waals surface area contributed by atoms with Crippen molar-refractivity contribution in [1.29, 1.82) is 0 Å². The molecule has 1 aliphatic heterocycles. The Bertz CT molecular complexity index is 472. The molecule has 0 aliphatic carbocycles. The van der Waals surface area contributed by atoms with E-state index < -0.39 is 0 Å². The van der Waals surface area contributed by atoms with Gasteiger partial charge in [-0.25, -0.2) is 0 Å². The third kappa shape index (κ3) is 5.78. The second kappa shape index (κ2) is 8.87. The van der Waals surface area contributed by atoms with Gasteiger partial charge in [-0.15, -0.1) is 0 Å². The molecule has 2 atom stereocenters. The Kier molecular flexibility index (Phi) is 7.12. The molecule has 1 saturated heterocycles. The lowest BCUT2D eigenvalue weighted by Gasteiger charge is -2.34. The highest BCUT2D eigenvalue weighted by Gasteiger charge is 2.36. The fraction of sp³-hybridized carbons (Fsp3) is 0.714. The zero-order chi connectivity index (χ0) is 17.6. The lowest BCUT2D eigenvalue weighted by molar-refractivity contribution is -0.124. The summed E-state index contributed by atoms with van der Waals surface area (Å²) in [6.45, 7) is 12.6. The van der Waals surface area contributed by atoms with Gasteiger partial charge >= 0.3 is 0 Å². The maximum absolute atomic E-state index is 6.18. The van der Waals surface area contributed by atoms with Crippen molar-refractivity contribution in [3.63, 3.8) is 0 Å². The van der Waals surface area contributed by atoms with Crippen molar-refractivity contribution in [3.05, 3.63) is 29.8 Å². The smallest absolute Gasteiger partial charge is 0.200 e. The van der Waals surface area contributed by atoms with Crippen molar-refractivity contribution in [2.24, 2.45) is 11.3 Å². The zero-order valence-corrected chi connectivity index (χ0v) is 16.0. The molecule has 1 aromatic rings. The molecule has 0 saturated carbocycles. The summed E-state index contributed by atoms with van der Waals surface area (Å²) in [7, 11) is 0. The predicted molar refractivity (Wildman–Crippen MR) is 98.4 cm³/mol. The lowest BCUT2D eigenvalue weighted by atomic mass is 9.81. The Morgan fingerprint density at radius 3 is 2.46 bits per heavy atom. The molecule has 24 heavy (non-hydrogen) atoms. The molecule has 1 aromatic carbocycles. The third-order valence-electron chi connectivity index (χ3n) is 4.71. The molecule has 0 N–H and O–H groups in total. The normalized spacial score (nSPS) is 19.7. The van der Waals surface area contributed by atoms with Crippen LogP contribution in [0.3, 0.4) is 0 Å². The topological polar surface area (TPSA) is 27.7 Å². The first-order chi connectivity index (χ1) is 11.4. The van der Waals surface area contributed by atoms with Gasteiger partial charge in [0, 0.05) is 13.0 Å². The summed E-state index contributed by atoms with van der Waals surface area (Å²) in [6, 6.07) is 8.34. The molecule has 0 bridgehead atoms. The predicted octanol–water partition coefficient (Wildman–Crippen LogP) is 5.22. The average molecular weight is 334 g/mol. The van der Waals surface area contributed by atoms with Crippen molar-refractivity contribution in [1.82, 2.24) is 0 Å². The van der Waals surface area contributed by atoms with E-state index in [1.165, 1.54) is 5.56 Å². The van der Waals surface area contributed by atoms with Crippen molar-refractivity contribution in [2.45, 2.75) is 72.7 Å². The van der Waals surface area contributed by atoms with E-state index in [0.29, 0.717) is 18.6 Å². The number of aryl methyl sites for hydroxylation is 1. The molecular formula is C21H34O3. The second-order valence-electron chi connectivity index (χ2n) is 7.97. The van der Waals surface area contributed by atoms with Crippen LogP contribution in [0.2, 0.25) is 0 Å². The SMILES string of the molecule is CCc1ccc(OC(CC(C)(C)C2CCCO2)OCC(C)C)cc1. The highest BCUT2D eigenvalue weighted by molar-refractivity contribution is 5.27. The molecule has 0 amide bonds. The van der Waals surface area contributed by atoms with E-state index in [1.807, 2.05) is 12.1 Å². The van der Waals surface area contributed by atoms with Gasteiger partial charge in [0.15, 0.2) is 6.29 Å². The van der Waals surface area contributed by atoms with Gasteiger partial charge in [0.2, 0.25) is 0 Å². The van der Waals surface area contributed by atoms with Gasteiger partial charge in [-0.3, -0.25) is 0 Å². The number of rotatable bonds is 9. The van der Waals surface area contributed by atoms with Crippen molar-refractivity contribution >= 4 is 0 Å². The van der Waals surface area contributed by atoms with Crippen LogP contribution in [0.25, 0.3) is 0 Å². The molecule has 1 heterocycles. The monoisotopic (exact) mass is 334 g/mol. The Labute approximate surface area is 147 Å². The summed E-state index contributed by atoms with van der Waals surface area (Å²) < 4.78 is 18.2. The highest BCUT2D eigenvalue weighted by Crippen LogP contribution is 2.36. The van der Waals surface area contributed by atoms with Crippen LogP contribution in [0.1, 0.15) is 59.4 Å². The summed E-state index contributed by atoms with van der Waals surface area (Å²) in [4.78, 5) is 0. The van der Waals surface area contributed by atoms with Crippen LogP contribution >= 0.6 is 0 Å². The summed E-state index contributed by atoms with van der Waals surface area (Å²) >= 11 is 0. The maximum Gasteiger partial charge on any atom is 0.200 e. The van der Waals surface area contributed by atoms with Crippen LogP contribution in [-0.4, -0.2) is 25.6 Å². The molecule has 3 heteroatoms. The Hall–Kier alpha value is -1.06. The van der Waals surface area contributed by atoms with E-state index in [9.17, 15) is 0 Å². The number of benzene rings is 1. The van der Waals surface area contributed by atoms with Crippen LogP contribution in [0.5, 0.6) is 5.75 Å². The molecule has 2 rings (SSSR count). The molecule has 136 valence electrons. The van der Waals surface area contributed by atoms with Gasteiger partial charge in [0.1, 0.15) is 5.75 Å². The minimum atomic E-state index is -0.237. The first-order valence-electron chi connectivity index (χ1n) is 9.39. The van der Waals surface area contributed by atoms with E-state index in [1.54, 1.807) is 0 Å². The highest BCUT2D eigenvalue weighted by atomic mass is 16.7. The van der Waals surface area contributed by atoms with Gasteiger partial charge in [0.25, 0.3) is 0 Å². The average Bonchev–Trinajstić information content (AvgIpc) is 3.08. The molecule has 0 spiro atoms. The van der Waals surface area contributed by atoms with Gasteiger partial charge in [-0.05, 0) is 48.3 Å². The summed E-state index contributed by atoms with van der Waals surface area (Å²) in [5, 5.41) is 0. The van der Waals surface area contributed by atoms with Crippen LogP contribution < -0.4 is 4.74 Å². The first-order valence-corrected chi connectivity index (χ1v) is 9.39. The molecule has 0 aromatic heterocycles.